The average molecular weight is 488 g/mol. The Labute approximate surface area is 197 Å². The zero-order chi connectivity index (χ0) is 24.5. The molecule has 4 amide bonds. The van der Waals surface area contributed by atoms with Crippen LogP contribution in [0.5, 0.6) is 5.75 Å². The topological polar surface area (TPSA) is 137 Å². The minimum Gasteiger partial charge on any atom is -0.482 e. The van der Waals surface area contributed by atoms with Gasteiger partial charge in [-0.2, -0.15) is 4.31 Å². The smallest absolute Gasteiger partial charge is 0.321 e. The van der Waals surface area contributed by atoms with Gasteiger partial charge in [0.2, 0.25) is 15.9 Å². The fraction of sp³-hybridized carbons (Fsp3) is 0.318. The van der Waals surface area contributed by atoms with E-state index >= 15 is 0 Å². The number of anilines is 3. The van der Waals surface area contributed by atoms with E-state index in [9.17, 15) is 22.8 Å². The van der Waals surface area contributed by atoms with Crippen LogP contribution < -0.4 is 20.7 Å². The number of sulfonamides is 1. The highest BCUT2D eigenvalue weighted by Gasteiger charge is 2.31. The molecule has 2 aromatic carbocycles. The van der Waals surface area contributed by atoms with Crippen molar-refractivity contribution in [2.75, 3.05) is 48.7 Å². The molecule has 0 atom stereocenters. The van der Waals surface area contributed by atoms with Gasteiger partial charge in [0.1, 0.15) is 5.75 Å². The molecule has 2 aromatic rings. The Hall–Kier alpha value is -3.64. The molecule has 0 saturated carbocycles. The van der Waals surface area contributed by atoms with Gasteiger partial charge in [0, 0.05) is 44.5 Å². The highest BCUT2D eigenvalue weighted by atomic mass is 32.2. The summed E-state index contributed by atoms with van der Waals surface area (Å²) >= 11 is 0. The van der Waals surface area contributed by atoms with E-state index < -0.39 is 10.0 Å². The molecule has 4 rings (SSSR count). The van der Waals surface area contributed by atoms with Crippen LogP contribution in [0.4, 0.5) is 21.9 Å². The first-order valence-electron chi connectivity index (χ1n) is 10.6. The maximum atomic E-state index is 13.1. The summed E-state index contributed by atoms with van der Waals surface area (Å²) in [6.45, 7) is 3.81. The summed E-state index contributed by atoms with van der Waals surface area (Å²) in [6, 6.07) is 9.17. The second kappa shape index (κ2) is 9.31. The van der Waals surface area contributed by atoms with E-state index in [0.717, 1.165) is 5.56 Å². The quantitative estimate of drug-likeness (QED) is 0.602. The molecular formula is C22H25N5O6S. The molecule has 2 aliphatic rings. The zero-order valence-corrected chi connectivity index (χ0v) is 19.6. The fourth-order valence-corrected chi connectivity index (χ4v) is 5.18. The van der Waals surface area contributed by atoms with E-state index in [2.05, 4.69) is 16.0 Å². The van der Waals surface area contributed by atoms with Crippen molar-refractivity contribution in [1.29, 1.82) is 0 Å². The standard InChI is InChI=1S/C22H25N5O6S/c1-14-3-4-16(11-18(14)23-15(2)28)24-22(30)26-7-9-27(10-8-26)34(31,32)17-5-6-20-19(12-17)25-21(29)13-33-20/h3-6,11-12H,7-10,13H2,1-2H3,(H,23,28)(H,24,30)(H,25,29). The third-order valence-electron chi connectivity index (χ3n) is 5.55. The highest BCUT2D eigenvalue weighted by molar-refractivity contribution is 7.89. The molecular weight excluding hydrogens is 462 g/mol. The SMILES string of the molecule is CC(=O)Nc1cc(NC(=O)N2CCN(S(=O)(=O)c3ccc4c(c3)NC(=O)CO4)CC2)ccc1C. The molecule has 180 valence electrons. The van der Waals surface area contributed by atoms with Gasteiger partial charge in [0.25, 0.3) is 5.91 Å². The lowest BCUT2D eigenvalue weighted by atomic mass is 10.2. The van der Waals surface area contributed by atoms with Gasteiger partial charge in [-0.05, 0) is 42.8 Å². The molecule has 0 radical (unpaired) electrons. The molecule has 0 spiro atoms. The largest absolute Gasteiger partial charge is 0.482 e. The second-order valence-electron chi connectivity index (χ2n) is 8.03. The van der Waals surface area contributed by atoms with Crippen LogP contribution in [0, 0.1) is 6.92 Å². The van der Waals surface area contributed by atoms with Crippen LogP contribution in [0.2, 0.25) is 0 Å². The molecule has 1 saturated heterocycles. The summed E-state index contributed by atoms with van der Waals surface area (Å²) in [5.41, 5.74) is 2.30. The van der Waals surface area contributed by atoms with E-state index in [4.69, 9.17) is 4.74 Å². The van der Waals surface area contributed by atoms with Crippen molar-refractivity contribution in [2.45, 2.75) is 18.7 Å². The number of aryl methyl sites for hydroxylation is 1. The van der Waals surface area contributed by atoms with Crippen molar-refractivity contribution in [2.24, 2.45) is 0 Å². The molecule has 12 heteroatoms. The minimum absolute atomic E-state index is 0.0418. The Balaban J connectivity index is 1.39. The number of hydrogen-bond acceptors (Lipinski definition) is 6. The number of amides is 4. The molecule has 2 heterocycles. The van der Waals surface area contributed by atoms with Crippen molar-refractivity contribution in [3.63, 3.8) is 0 Å². The van der Waals surface area contributed by atoms with Gasteiger partial charge in [0.05, 0.1) is 10.6 Å². The number of piperazine rings is 1. The minimum atomic E-state index is -3.82. The summed E-state index contributed by atoms with van der Waals surface area (Å²) in [5, 5.41) is 8.11. The summed E-state index contributed by atoms with van der Waals surface area (Å²) in [7, 11) is -3.82. The Morgan fingerprint density at radius 3 is 2.47 bits per heavy atom. The molecule has 1 fully saturated rings. The van der Waals surface area contributed by atoms with Crippen LogP contribution in [0.3, 0.4) is 0 Å². The Kier molecular flexibility index (Phi) is 6.44. The van der Waals surface area contributed by atoms with Gasteiger partial charge in [-0.25, -0.2) is 13.2 Å². The predicted octanol–water partition coefficient (Wildman–Crippen LogP) is 1.82. The number of rotatable bonds is 4. The number of benzene rings is 2. The van der Waals surface area contributed by atoms with Crippen molar-refractivity contribution < 1.29 is 27.5 Å². The van der Waals surface area contributed by atoms with Crippen molar-refractivity contribution in [3.05, 3.63) is 42.0 Å². The summed E-state index contributed by atoms with van der Waals surface area (Å²) < 4.78 is 32.8. The van der Waals surface area contributed by atoms with E-state index in [0.29, 0.717) is 22.8 Å². The summed E-state index contributed by atoms with van der Waals surface area (Å²) in [5.74, 6) is -0.144. The van der Waals surface area contributed by atoms with Gasteiger partial charge >= 0.3 is 6.03 Å². The molecule has 0 bridgehead atoms. The Bertz CT molecular complexity index is 1250. The number of fused-ring (bicyclic) bond motifs is 1. The fourth-order valence-electron chi connectivity index (χ4n) is 3.73. The maximum absolute atomic E-state index is 13.1. The zero-order valence-electron chi connectivity index (χ0n) is 18.8. The first kappa shape index (κ1) is 23.5. The van der Waals surface area contributed by atoms with Crippen LogP contribution in [0.25, 0.3) is 0 Å². The van der Waals surface area contributed by atoms with Gasteiger partial charge in [-0.3, -0.25) is 9.59 Å². The average Bonchev–Trinajstić information content (AvgIpc) is 2.80. The van der Waals surface area contributed by atoms with Crippen LogP contribution in [0.1, 0.15) is 12.5 Å². The number of urea groups is 1. The molecule has 0 aliphatic carbocycles. The van der Waals surface area contributed by atoms with Crippen molar-refractivity contribution in [1.82, 2.24) is 9.21 Å². The molecule has 2 aliphatic heterocycles. The van der Waals surface area contributed by atoms with E-state index in [1.54, 1.807) is 18.2 Å². The third kappa shape index (κ3) is 4.97. The lowest BCUT2D eigenvalue weighted by Gasteiger charge is -2.34. The molecule has 3 N–H and O–H groups in total. The highest BCUT2D eigenvalue weighted by Crippen LogP contribution is 2.31. The first-order valence-corrected chi connectivity index (χ1v) is 12.1. The molecule has 11 nitrogen and oxygen atoms in total. The number of ether oxygens (including phenoxy) is 1. The van der Waals surface area contributed by atoms with Crippen molar-refractivity contribution in [3.8, 4) is 5.75 Å². The van der Waals surface area contributed by atoms with Gasteiger partial charge in [0.15, 0.2) is 6.61 Å². The lowest BCUT2D eigenvalue weighted by Crippen LogP contribution is -2.51. The molecule has 0 aromatic heterocycles. The van der Waals surface area contributed by atoms with E-state index in [1.807, 2.05) is 6.92 Å². The van der Waals surface area contributed by atoms with Crippen LogP contribution >= 0.6 is 0 Å². The van der Waals surface area contributed by atoms with Crippen LogP contribution in [-0.4, -0.2) is 68.3 Å². The summed E-state index contributed by atoms with van der Waals surface area (Å²) in [6.07, 6.45) is 0. The van der Waals surface area contributed by atoms with Gasteiger partial charge in [-0.15, -0.1) is 0 Å². The monoisotopic (exact) mass is 487 g/mol. The van der Waals surface area contributed by atoms with E-state index in [-0.39, 0.29) is 55.5 Å². The Morgan fingerprint density at radius 2 is 1.76 bits per heavy atom. The predicted molar refractivity (Wildman–Crippen MR) is 125 cm³/mol. The van der Waals surface area contributed by atoms with Crippen LogP contribution in [-0.2, 0) is 19.6 Å². The maximum Gasteiger partial charge on any atom is 0.321 e. The number of nitrogens with zero attached hydrogens (tertiary/aromatic N) is 2. The Morgan fingerprint density at radius 1 is 1.03 bits per heavy atom. The number of nitrogens with one attached hydrogen (secondary N) is 3. The lowest BCUT2D eigenvalue weighted by molar-refractivity contribution is -0.118. The first-order chi connectivity index (χ1) is 16.1. The van der Waals surface area contributed by atoms with Gasteiger partial charge < -0.3 is 25.6 Å². The van der Waals surface area contributed by atoms with Gasteiger partial charge in [-0.1, -0.05) is 6.07 Å². The normalized spacial score (nSPS) is 16.2. The number of carbonyl (C=O) groups excluding carboxylic acids is 3. The summed E-state index contributed by atoms with van der Waals surface area (Å²) in [4.78, 5) is 37.2. The third-order valence-corrected chi connectivity index (χ3v) is 7.44. The second-order valence-corrected chi connectivity index (χ2v) is 9.96. The van der Waals surface area contributed by atoms with E-state index in [1.165, 1.54) is 34.3 Å². The number of hydrogen-bond donors (Lipinski definition) is 3. The van der Waals surface area contributed by atoms with Crippen molar-refractivity contribution >= 4 is 44.9 Å². The molecule has 34 heavy (non-hydrogen) atoms. The molecule has 0 unspecified atom stereocenters. The number of carbonyl (C=O) groups is 3. The van der Waals surface area contributed by atoms with Crippen LogP contribution in [0.15, 0.2) is 41.3 Å².